The fraction of sp³-hybridized carbons (Fsp3) is 0.231. The van der Waals surface area contributed by atoms with Crippen molar-refractivity contribution in [3.8, 4) is 0 Å². The third kappa shape index (κ3) is 10.9. The molecule has 1 aromatic carbocycles. The highest BCUT2D eigenvalue weighted by molar-refractivity contribution is 5.89. The Morgan fingerprint density at radius 2 is 1.65 bits per heavy atom. The first-order valence-electron chi connectivity index (χ1n) is 5.65. The highest BCUT2D eigenvalue weighted by Crippen LogP contribution is 2.03. The van der Waals surface area contributed by atoms with Gasteiger partial charge in [-0.05, 0) is 24.1 Å². The Balaban J connectivity index is 0.000000396. The van der Waals surface area contributed by atoms with Crippen LogP contribution in [0.3, 0.4) is 0 Å². The second kappa shape index (κ2) is 9.65. The van der Waals surface area contributed by atoms with Crippen LogP contribution in [0, 0.1) is 5.82 Å². The van der Waals surface area contributed by atoms with Gasteiger partial charge >= 0.3 is 11.9 Å². The number of halogens is 1. The smallest absolute Gasteiger partial charge is 0.328 e. The molecule has 0 aliphatic heterocycles. The number of carboxylic acid groups (broad SMARTS) is 2. The summed E-state index contributed by atoms with van der Waals surface area (Å²) < 4.78 is 12.5. The minimum atomic E-state index is -1.26. The third-order valence-electron chi connectivity index (χ3n) is 2.03. The highest BCUT2D eigenvalue weighted by Gasteiger charge is 1.94. The summed E-state index contributed by atoms with van der Waals surface area (Å²) in [5.41, 5.74) is 1.11. The van der Waals surface area contributed by atoms with Gasteiger partial charge in [-0.25, -0.2) is 19.0 Å². The van der Waals surface area contributed by atoms with Crippen LogP contribution < -0.4 is 5.84 Å². The van der Waals surface area contributed by atoms with Crippen LogP contribution >= 0.6 is 0 Å². The molecule has 0 fully saturated rings. The Bertz CT molecular complexity index is 442. The van der Waals surface area contributed by atoms with Gasteiger partial charge in [0, 0.05) is 25.7 Å². The molecule has 6 nitrogen and oxygen atoms in total. The maximum absolute atomic E-state index is 12.5. The molecule has 20 heavy (non-hydrogen) atoms. The average molecular weight is 284 g/mol. The molecule has 1 aromatic rings. The van der Waals surface area contributed by atoms with E-state index in [-0.39, 0.29) is 5.82 Å². The van der Waals surface area contributed by atoms with Gasteiger partial charge in [0.1, 0.15) is 5.82 Å². The number of hydrogen-bond donors (Lipinski definition) is 3. The van der Waals surface area contributed by atoms with E-state index < -0.39 is 11.9 Å². The van der Waals surface area contributed by atoms with Gasteiger partial charge in [-0.3, -0.25) is 5.84 Å². The minimum absolute atomic E-state index is 0.195. The zero-order valence-electron chi connectivity index (χ0n) is 11.0. The monoisotopic (exact) mass is 284 g/mol. The lowest BCUT2D eigenvalue weighted by Crippen LogP contribution is -2.28. The van der Waals surface area contributed by atoms with E-state index in [4.69, 9.17) is 16.1 Å². The standard InChI is InChI=1S/C9H13FN2.C4H4O4/c1-12(11)7-6-8-2-4-9(10)5-3-8;5-3(6)1-2-4(7)8/h2-5H,6-7,11H2,1H3;1-2H,(H,5,6)(H,7,8)/b;2-1-. The molecule has 0 amide bonds. The van der Waals surface area contributed by atoms with Crippen molar-refractivity contribution in [2.45, 2.75) is 6.42 Å². The number of nitrogens with zero attached hydrogens (tertiary/aromatic N) is 1. The van der Waals surface area contributed by atoms with E-state index in [1.165, 1.54) is 12.1 Å². The molecule has 0 radical (unpaired) electrons. The third-order valence-corrected chi connectivity index (χ3v) is 2.03. The second-order valence-corrected chi connectivity index (χ2v) is 3.87. The van der Waals surface area contributed by atoms with Crippen molar-refractivity contribution < 1.29 is 24.2 Å². The first-order chi connectivity index (χ1) is 9.31. The van der Waals surface area contributed by atoms with Crippen LogP contribution in [0.1, 0.15) is 5.56 Å². The molecule has 0 aliphatic carbocycles. The molecule has 0 atom stereocenters. The Hall–Kier alpha value is -2.25. The molecule has 0 bridgehead atoms. The number of hydrazine groups is 1. The van der Waals surface area contributed by atoms with Gasteiger partial charge in [-0.15, -0.1) is 0 Å². The lowest BCUT2D eigenvalue weighted by molar-refractivity contribution is -0.134. The van der Waals surface area contributed by atoms with E-state index in [9.17, 15) is 14.0 Å². The summed E-state index contributed by atoms with van der Waals surface area (Å²) in [6.45, 7) is 0.783. The Labute approximate surface area is 115 Å². The van der Waals surface area contributed by atoms with Crippen molar-refractivity contribution in [3.63, 3.8) is 0 Å². The molecule has 0 unspecified atom stereocenters. The SMILES string of the molecule is CN(N)CCc1ccc(F)cc1.O=C(O)/C=C\C(=O)O. The van der Waals surface area contributed by atoms with Crippen LogP contribution in [-0.4, -0.2) is 40.8 Å². The predicted molar refractivity (Wildman–Crippen MR) is 71.3 cm³/mol. The van der Waals surface area contributed by atoms with Crippen molar-refractivity contribution in [1.29, 1.82) is 0 Å². The normalized spacial score (nSPS) is 10.2. The van der Waals surface area contributed by atoms with Crippen molar-refractivity contribution in [3.05, 3.63) is 47.8 Å². The van der Waals surface area contributed by atoms with Gasteiger partial charge < -0.3 is 10.2 Å². The van der Waals surface area contributed by atoms with Crippen molar-refractivity contribution in [1.82, 2.24) is 5.01 Å². The summed E-state index contributed by atoms with van der Waals surface area (Å²) in [4.78, 5) is 19.1. The van der Waals surface area contributed by atoms with Crippen LogP contribution in [0.25, 0.3) is 0 Å². The Kier molecular flexibility index (Phi) is 8.56. The molecule has 0 heterocycles. The highest BCUT2D eigenvalue weighted by atomic mass is 19.1. The first kappa shape index (κ1) is 17.8. The molecule has 7 heteroatoms. The van der Waals surface area contributed by atoms with E-state index >= 15 is 0 Å². The molecule has 0 saturated heterocycles. The summed E-state index contributed by atoms with van der Waals surface area (Å²) in [6.07, 6.45) is 1.97. The van der Waals surface area contributed by atoms with Gasteiger partial charge in [0.15, 0.2) is 0 Å². The number of benzene rings is 1. The number of carboxylic acids is 2. The van der Waals surface area contributed by atoms with Crippen molar-refractivity contribution in [2.75, 3.05) is 13.6 Å². The number of aliphatic carboxylic acids is 2. The topological polar surface area (TPSA) is 104 Å². The molecular weight excluding hydrogens is 267 g/mol. The van der Waals surface area contributed by atoms with Gasteiger partial charge in [-0.1, -0.05) is 12.1 Å². The molecular formula is C13H17FN2O4. The number of rotatable bonds is 5. The van der Waals surface area contributed by atoms with E-state index in [1.54, 1.807) is 17.1 Å². The second-order valence-electron chi connectivity index (χ2n) is 3.87. The summed E-state index contributed by atoms with van der Waals surface area (Å²) in [6, 6.07) is 6.48. The number of hydrogen-bond acceptors (Lipinski definition) is 4. The first-order valence-corrected chi connectivity index (χ1v) is 5.65. The maximum Gasteiger partial charge on any atom is 0.328 e. The Morgan fingerprint density at radius 3 is 2.00 bits per heavy atom. The van der Waals surface area contributed by atoms with Crippen LogP contribution in [0.5, 0.6) is 0 Å². The number of carbonyl (C=O) groups is 2. The van der Waals surface area contributed by atoms with Crippen molar-refractivity contribution in [2.24, 2.45) is 5.84 Å². The fourth-order valence-corrected chi connectivity index (χ4v) is 1.10. The van der Waals surface area contributed by atoms with Crippen molar-refractivity contribution >= 4 is 11.9 Å². The molecule has 0 aromatic heterocycles. The van der Waals surface area contributed by atoms with Gasteiger partial charge in [0.2, 0.25) is 0 Å². The van der Waals surface area contributed by atoms with Crippen LogP contribution in [-0.2, 0) is 16.0 Å². The summed E-state index contributed by atoms with van der Waals surface area (Å²) in [7, 11) is 1.81. The lowest BCUT2D eigenvalue weighted by Gasteiger charge is -2.08. The average Bonchev–Trinajstić information content (AvgIpc) is 2.36. The van der Waals surface area contributed by atoms with Crippen LogP contribution in [0.2, 0.25) is 0 Å². The number of nitrogens with two attached hydrogens (primary N) is 1. The fourth-order valence-electron chi connectivity index (χ4n) is 1.10. The summed E-state index contributed by atoms with van der Waals surface area (Å²) >= 11 is 0. The predicted octanol–water partition coefficient (Wildman–Crippen LogP) is 0.885. The molecule has 110 valence electrons. The summed E-state index contributed by atoms with van der Waals surface area (Å²) in [5, 5.41) is 17.2. The lowest BCUT2D eigenvalue weighted by atomic mass is 10.1. The minimum Gasteiger partial charge on any atom is -0.478 e. The zero-order valence-corrected chi connectivity index (χ0v) is 11.0. The quantitative estimate of drug-likeness (QED) is 0.421. The molecule has 0 saturated carbocycles. The van der Waals surface area contributed by atoms with Crippen LogP contribution in [0.15, 0.2) is 36.4 Å². The molecule has 0 spiro atoms. The van der Waals surface area contributed by atoms with E-state index in [1.807, 2.05) is 7.05 Å². The van der Waals surface area contributed by atoms with E-state index in [0.29, 0.717) is 12.2 Å². The number of likely N-dealkylation sites (N-methyl/N-ethyl adjacent to an activating group) is 1. The van der Waals surface area contributed by atoms with E-state index in [0.717, 1.165) is 18.5 Å². The van der Waals surface area contributed by atoms with E-state index in [2.05, 4.69) is 0 Å². The van der Waals surface area contributed by atoms with Gasteiger partial charge in [0.25, 0.3) is 0 Å². The molecule has 0 aliphatic rings. The van der Waals surface area contributed by atoms with Gasteiger partial charge in [0.05, 0.1) is 0 Å². The van der Waals surface area contributed by atoms with Crippen LogP contribution in [0.4, 0.5) is 4.39 Å². The maximum atomic E-state index is 12.5. The van der Waals surface area contributed by atoms with Gasteiger partial charge in [-0.2, -0.15) is 0 Å². The largest absolute Gasteiger partial charge is 0.478 e. The summed E-state index contributed by atoms with van der Waals surface area (Å²) in [5.74, 6) is 2.72. The molecule has 1 rings (SSSR count). The molecule has 4 N–H and O–H groups in total. The zero-order chi connectivity index (χ0) is 15.5. The Morgan fingerprint density at radius 1 is 1.20 bits per heavy atom.